The van der Waals surface area contributed by atoms with Crippen molar-refractivity contribution in [1.29, 1.82) is 0 Å². The summed E-state index contributed by atoms with van der Waals surface area (Å²) in [5.41, 5.74) is 1.63. The molecule has 0 radical (unpaired) electrons. The molecule has 0 unspecified atom stereocenters. The number of carbonyl (C=O) groups excluding carboxylic acids is 1. The Hall–Kier alpha value is -3.04. The van der Waals surface area contributed by atoms with Crippen LogP contribution in [0.15, 0.2) is 53.6 Å². The average molecular weight is 456 g/mol. The Morgan fingerprint density at radius 3 is 2.44 bits per heavy atom. The van der Waals surface area contributed by atoms with Crippen LogP contribution in [0.5, 0.6) is 11.5 Å². The Kier molecular flexibility index (Phi) is 5.30. The molecule has 1 amide bonds. The SMILES string of the molecule is Cn1cc(C(=O)N2CCN(S(=O)(=O)c3ccc4c(c3)OCCCO4)CC2)c2ccccc21. The molecule has 1 saturated heterocycles. The first-order valence-electron chi connectivity index (χ1n) is 10.7. The lowest BCUT2D eigenvalue weighted by molar-refractivity contribution is 0.0699. The van der Waals surface area contributed by atoms with Gasteiger partial charge in [0.25, 0.3) is 5.91 Å². The topological polar surface area (TPSA) is 81.1 Å². The second-order valence-electron chi connectivity index (χ2n) is 8.03. The van der Waals surface area contributed by atoms with Crippen LogP contribution in [0, 0.1) is 0 Å². The van der Waals surface area contributed by atoms with Gasteiger partial charge < -0.3 is 18.9 Å². The van der Waals surface area contributed by atoms with Crippen LogP contribution < -0.4 is 9.47 Å². The number of hydrogen-bond donors (Lipinski definition) is 0. The number of sulfonamides is 1. The minimum atomic E-state index is -3.70. The summed E-state index contributed by atoms with van der Waals surface area (Å²) >= 11 is 0. The Bertz CT molecular complexity index is 1280. The number of ether oxygens (including phenoxy) is 2. The molecule has 32 heavy (non-hydrogen) atoms. The van der Waals surface area contributed by atoms with E-state index in [0.717, 1.165) is 17.3 Å². The molecule has 168 valence electrons. The minimum Gasteiger partial charge on any atom is -0.490 e. The highest BCUT2D eigenvalue weighted by atomic mass is 32.2. The lowest BCUT2D eigenvalue weighted by atomic mass is 10.1. The first-order valence-corrected chi connectivity index (χ1v) is 12.1. The summed E-state index contributed by atoms with van der Waals surface area (Å²) in [6.07, 6.45) is 2.59. The number of hydrogen-bond acceptors (Lipinski definition) is 5. The van der Waals surface area contributed by atoms with E-state index in [1.54, 1.807) is 17.0 Å². The van der Waals surface area contributed by atoms with Crippen molar-refractivity contribution in [3.05, 3.63) is 54.2 Å². The van der Waals surface area contributed by atoms with Crippen LogP contribution in [-0.4, -0.2) is 67.5 Å². The van der Waals surface area contributed by atoms with Crippen molar-refractivity contribution < 1.29 is 22.7 Å². The van der Waals surface area contributed by atoms with Gasteiger partial charge in [-0.15, -0.1) is 0 Å². The minimum absolute atomic E-state index is 0.0746. The predicted octanol–water partition coefficient (Wildman–Crippen LogP) is 2.49. The third-order valence-electron chi connectivity index (χ3n) is 6.01. The van der Waals surface area contributed by atoms with Gasteiger partial charge in [-0.1, -0.05) is 18.2 Å². The molecule has 0 saturated carbocycles. The van der Waals surface area contributed by atoms with Crippen molar-refractivity contribution in [2.45, 2.75) is 11.3 Å². The summed E-state index contributed by atoms with van der Waals surface area (Å²) in [4.78, 5) is 15.1. The molecule has 0 atom stereocenters. The molecule has 3 heterocycles. The third-order valence-corrected chi connectivity index (χ3v) is 7.90. The van der Waals surface area contributed by atoms with E-state index in [1.165, 1.54) is 10.4 Å². The number of carbonyl (C=O) groups is 1. The average Bonchev–Trinajstić information content (AvgIpc) is 2.98. The van der Waals surface area contributed by atoms with E-state index in [0.29, 0.717) is 43.4 Å². The molecule has 0 bridgehead atoms. The normalized spacial score (nSPS) is 17.3. The van der Waals surface area contributed by atoms with Crippen LogP contribution in [0.3, 0.4) is 0 Å². The van der Waals surface area contributed by atoms with E-state index in [2.05, 4.69) is 0 Å². The maximum absolute atomic E-state index is 13.2. The molecule has 1 aromatic heterocycles. The van der Waals surface area contributed by atoms with Gasteiger partial charge in [0.2, 0.25) is 10.0 Å². The van der Waals surface area contributed by atoms with Gasteiger partial charge in [0, 0.05) is 62.8 Å². The van der Waals surface area contributed by atoms with E-state index >= 15 is 0 Å². The highest BCUT2D eigenvalue weighted by molar-refractivity contribution is 7.89. The van der Waals surface area contributed by atoms with Gasteiger partial charge in [0.1, 0.15) is 0 Å². The fraction of sp³-hybridized carbons (Fsp3) is 0.348. The molecule has 0 N–H and O–H groups in total. The van der Waals surface area contributed by atoms with Gasteiger partial charge in [-0.25, -0.2) is 8.42 Å². The first-order chi connectivity index (χ1) is 15.4. The zero-order valence-corrected chi connectivity index (χ0v) is 18.7. The summed E-state index contributed by atoms with van der Waals surface area (Å²) in [6, 6.07) is 12.5. The molecule has 2 aliphatic heterocycles. The highest BCUT2D eigenvalue weighted by Crippen LogP contribution is 2.33. The van der Waals surface area contributed by atoms with Gasteiger partial charge in [-0.05, 0) is 18.2 Å². The fourth-order valence-corrected chi connectivity index (χ4v) is 5.71. The number of aromatic nitrogens is 1. The monoisotopic (exact) mass is 455 g/mol. The van der Waals surface area contributed by atoms with Crippen LogP contribution in [0.4, 0.5) is 0 Å². The van der Waals surface area contributed by atoms with E-state index < -0.39 is 10.0 Å². The van der Waals surface area contributed by atoms with Gasteiger partial charge in [-0.3, -0.25) is 4.79 Å². The third kappa shape index (κ3) is 3.61. The summed E-state index contributed by atoms with van der Waals surface area (Å²) in [5.74, 6) is 0.940. The van der Waals surface area contributed by atoms with E-state index in [4.69, 9.17) is 9.47 Å². The van der Waals surface area contributed by atoms with E-state index in [-0.39, 0.29) is 23.9 Å². The standard InChI is InChI=1S/C23H25N3O5S/c1-24-16-19(18-5-2-3-6-20(18)24)23(27)25-9-11-26(12-10-25)32(28,29)17-7-8-21-22(15-17)31-14-4-13-30-21/h2-3,5-8,15-16H,4,9-14H2,1H3. The number of piperazine rings is 1. The number of aryl methyl sites for hydroxylation is 1. The van der Waals surface area contributed by atoms with Crippen LogP contribution in [0.25, 0.3) is 10.9 Å². The smallest absolute Gasteiger partial charge is 0.256 e. The van der Waals surface area contributed by atoms with Gasteiger partial charge in [0.15, 0.2) is 11.5 Å². The quantitative estimate of drug-likeness (QED) is 0.606. The van der Waals surface area contributed by atoms with Crippen molar-refractivity contribution >= 4 is 26.8 Å². The molecule has 0 aliphatic carbocycles. The predicted molar refractivity (Wildman–Crippen MR) is 120 cm³/mol. The zero-order valence-electron chi connectivity index (χ0n) is 17.9. The van der Waals surface area contributed by atoms with Crippen LogP contribution >= 0.6 is 0 Å². The Morgan fingerprint density at radius 2 is 1.66 bits per heavy atom. The van der Waals surface area contributed by atoms with Gasteiger partial charge in [-0.2, -0.15) is 4.31 Å². The molecule has 3 aromatic rings. The second kappa shape index (κ2) is 8.14. The molecule has 5 rings (SSSR count). The van der Waals surface area contributed by atoms with Crippen molar-refractivity contribution in [1.82, 2.24) is 13.8 Å². The molecule has 9 heteroatoms. The lowest BCUT2D eigenvalue weighted by Crippen LogP contribution is -2.50. The molecule has 2 aromatic carbocycles. The van der Waals surface area contributed by atoms with Gasteiger partial charge >= 0.3 is 0 Å². The number of fused-ring (bicyclic) bond motifs is 2. The van der Waals surface area contributed by atoms with E-state index in [1.807, 2.05) is 42.1 Å². The molecular weight excluding hydrogens is 430 g/mol. The number of para-hydroxylation sites is 1. The largest absolute Gasteiger partial charge is 0.490 e. The lowest BCUT2D eigenvalue weighted by Gasteiger charge is -2.34. The first kappa shape index (κ1) is 20.8. The maximum atomic E-state index is 13.2. The van der Waals surface area contributed by atoms with E-state index in [9.17, 15) is 13.2 Å². The highest BCUT2D eigenvalue weighted by Gasteiger charge is 2.32. The molecule has 2 aliphatic rings. The number of amides is 1. The number of nitrogens with zero attached hydrogens (tertiary/aromatic N) is 3. The number of benzene rings is 2. The molecule has 8 nitrogen and oxygen atoms in total. The summed E-state index contributed by atoms with van der Waals surface area (Å²) in [6.45, 7) is 2.20. The Balaban J connectivity index is 1.32. The van der Waals surface area contributed by atoms with Crippen molar-refractivity contribution in [3.63, 3.8) is 0 Å². The van der Waals surface area contributed by atoms with Crippen molar-refractivity contribution in [3.8, 4) is 11.5 Å². The number of rotatable bonds is 3. The molecule has 1 fully saturated rings. The van der Waals surface area contributed by atoms with Crippen LogP contribution in [0.1, 0.15) is 16.8 Å². The summed E-state index contributed by atoms with van der Waals surface area (Å²) < 4.78 is 41.0. The summed E-state index contributed by atoms with van der Waals surface area (Å²) in [7, 11) is -1.78. The van der Waals surface area contributed by atoms with Crippen molar-refractivity contribution in [2.24, 2.45) is 7.05 Å². The molecule has 0 spiro atoms. The van der Waals surface area contributed by atoms with Crippen molar-refractivity contribution in [2.75, 3.05) is 39.4 Å². The van der Waals surface area contributed by atoms with Crippen LogP contribution in [-0.2, 0) is 17.1 Å². The zero-order chi connectivity index (χ0) is 22.3. The summed E-state index contributed by atoms with van der Waals surface area (Å²) in [5, 5.41) is 0.905. The Morgan fingerprint density at radius 1 is 0.938 bits per heavy atom. The Labute approximate surface area is 187 Å². The van der Waals surface area contributed by atoms with Crippen LogP contribution in [0.2, 0.25) is 0 Å². The molecular formula is C23H25N3O5S. The fourth-order valence-electron chi connectivity index (χ4n) is 4.27. The van der Waals surface area contributed by atoms with Gasteiger partial charge in [0.05, 0.1) is 23.7 Å². The maximum Gasteiger partial charge on any atom is 0.256 e. The second-order valence-corrected chi connectivity index (χ2v) is 9.96.